The van der Waals surface area contributed by atoms with Gasteiger partial charge in [-0.25, -0.2) is 0 Å². The third-order valence-electron chi connectivity index (χ3n) is 3.99. The zero-order valence-electron chi connectivity index (χ0n) is 12.0. The maximum atomic E-state index is 12.1. The quantitative estimate of drug-likeness (QED) is 0.912. The first-order valence-corrected chi connectivity index (χ1v) is 7.38. The lowest BCUT2D eigenvalue weighted by Gasteiger charge is -2.21. The van der Waals surface area contributed by atoms with Crippen molar-refractivity contribution in [1.29, 1.82) is 0 Å². The molecule has 1 aromatic heterocycles. The van der Waals surface area contributed by atoms with Crippen molar-refractivity contribution in [3.63, 3.8) is 0 Å². The van der Waals surface area contributed by atoms with Crippen molar-refractivity contribution in [3.8, 4) is 0 Å². The van der Waals surface area contributed by atoms with E-state index in [0.29, 0.717) is 12.5 Å². The second-order valence-corrected chi connectivity index (χ2v) is 5.59. The van der Waals surface area contributed by atoms with Crippen molar-refractivity contribution in [2.24, 2.45) is 0 Å². The molecule has 1 aromatic rings. The number of aromatic nitrogens is 1. The lowest BCUT2D eigenvalue weighted by Crippen LogP contribution is -2.36. The van der Waals surface area contributed by atoms with Crippen molar-refractivity contribution in [3.05, 3.63) is 17.0 Å². The molecule has 106 valence electrons. The number of hydrogen-bond donors (Lipinski definition) is 1. The molecule has 1 fully saturated rings. The van der Waals surface area contributed by atoms with Crippen molar-refractivity contribution in [2.45, 2.75) is 71.3 Å². The number of aryl methyl sites for hydroxylation is 2. The Morgan fingerprint density at radius 1 is 1.21 bits per heavy atom. The third-order valence-corrected chi connectivity index (χ3v) is 3.99. The molecule has 4 nitrogen and oxygen atoms in total. The highest BCUT2D eigenvalue weighted by Gasteiger charge is 2.17. The molecular formula is C15H24N2O2. The predicted molar refractivity (Wildman–Crippen MR) is 73.9 cm³/mol. The molecule has 19 heavy (non-hydrogen) atoms. The zero-order chi connectivity index (χ0) is 13.7. The highest BCUT2D eigenvalue weighted by atomic mass is 16.5. The summed E-state index contributed by atoms with van der Waals surface area (Å²) in [5, 5.41) is 7.06. The molecule has 0 bridgehead atoms. The maximum Gasteiger partial charge on any atom is 0.224 e. The van der Waals surface area contributed by atoms with Gasteiger partial charge in [-0.3, -0.25) is 4.79 Å². The summed E-state index contributed by atoms with van der Waals surface area (Å²) in [4.78, 5) is 12.1. The summed E-state index contributed by atoms with van der Waals surface area (Å²) in [6, 6.07) is 0.355. The predicted octanol–water partition coefficient (Wildman–Crippen LogP) is 3.06. The molecule has 0 radical (unpaired) electrons. The Balaban J connectivity index is 1.86. The molecule has 1 aliphatic carbocycles. The molecule has 0 aromatic carbocycles. The fourth-order valence-corrected chi connectivity index (χ4v) is 2.79. The molecule has 1 amide bonds. The first-order chi connectivity index (χ1) is 9.16. The molecule has 0 unspecified atom stereocenters. The third kappa shape index (κ3) is 4.08. The highest BCUT2D eigenvalue weighted by molar-refractivity contribution is 5.79. The van der Waals surface area contributed by atoms with E-state index in [9.17, 15) is 4.79 Å². The minimum atomic E-state index is 0.0972. The van der Waals surface area contributed by atoms with E-state index in [1.54, 1.807) is 0 Å². The van der Waals surface area contributed by atoms with Gasteiger partial charge in [-0.15, -0.1) is 0 Å². The molecule has 2 rings (SSSR count). The molecule has 1 saturated carbocycles. The maximum absolute atomic E-state index is 12.1. The number of nitrogens with zero attached hydrogens (tertiary/aromatic N) is 1. The van der Waals surface area contributed by atoms with E-state index in [1.807, 2.05) is 13.8 Å². The number of rotatable bonds is 3. The monoisotopic (exact) mass is 264 g/mol. The van der Waals surface area contributed by atoms with E-state index < -0.39 is 0 Å². The molecule has 0 atom stereocenters. The Morgan fingerprint density at radius 2 is 1.84 bits per heavy atom. The Labute approximate surface area is 114 Å². The first-order valence-electron chi connectivity index (χ1n) is 7.38. The fourth-order valence-electron chi connectivity index (χ4n) is 2.79. The van der Waals surface area contributed by atoms with Gasteiger partial charge in [0.1, 0.15) is 5.76 Å². The summed E-state index contributed by atoms with van der Waals surface area (Å²) in [6.07, 6.45) is 9.04. The summed E-state index contributed by atoms with van der Waals surface area (Å²) >= 11 is 0. The number of carbonyl (C=O) groups excluding carboxylic acids is 1. The molecule has 1 aliphatic rings. The van der Waals surface area contributed by atoms with E-state index in [0.717, 1.165) is 29.9 Å². The highest BCUT2D eigenvalue weighted by Crippen LogP contribution is 2.18. The Kier molecular flexibility index (Phi) is 5.00. The summed E-state index contributed by atoms with van der Waals surface area (Å²) in [5.41, 5.74) is 1.76. The van der Waals surface area contributed by atoms with Gasteiger partial charge in [-0.2, -0.15) is 0 Å². The first kappa shape index (κ1) is 14.1. The van der Waals surface area contributed by atoms with Gasteiger partial charge < -0.3 is 9.84 Å². The van der Waals surface area contributed by atoms with Crippen molar-refractivity contribution < 1.29 is 9.32 Å². The van der Waals surface area contributed by atoms with Crippen LogP contribution in [0.5, 0.6) is 0 Å². The van der Waals surface area contributed by atoms with Crippen molar-refractivity contribution in [2.75, 3.05) is 0 Å². The van der Waals surface area contributed by atoms with Crippen LogP contribution in [0.1, 0.15) is 62.0 Å². The van der Waals surface area contributed by atoms with Crippen LogP contribution < -0.4 is 5.32 Å². The fraction of sp³-hybridized carbons (Fsp3) is 0.733. The van der Waals surface area contributed by atoms with Crippen LogP contribution in [0.2, 0.25) is 0 Å². The molecule has 0 spiro atoms. The average molecular weight is 264 g/mol. The van der Waals surface area contributed by atoms with Gasteiger partial charge in [0.2, 0.25) is 5.91 Å². The number of hydrogen-bond acceptors (Lipinski definition) is 3. The topological polar surface area (TPSA) is 55.1 Å². The van der Waals surface area contributed by atoms with Crippen LogP contribution in [0.4, 0.5) is 0 Å². The second-order valence-electron chi connectivity index (χ2n) is 5.59. The molecule has 4 heteroatoms. The Hall–Kier alpha value is -1.32. The Bertz CT molecular complexity index is 398. The summed E-state index contributed by atoms with van der Waals surface area (Å²) in [7, 11) is 0. The van der Waals surface area contributed by atoms with E-state index in [4.69, 9.17) is 4.52 Å². The second kappa shape index (κ2) is 6.73. The van der Waals surface area contributed by atoms with E-state index in [1.165, 1.54) is 32.1 Å². The van der Waals surface area contributed by atoms with Gasteiger partial charge in [0, 0.05) is 11.6 Å². The van der Waals surface area contributed by atoms with Crippen LogP contribution in [-0.4, -0.2) is 17.1 Å². The zero-order valence-corrected chi connectivity index (χ0v) is 12.0. The lowest BCUT2D eigenvalue weighted by atomic mass is 9.96. The van der Waals surface area contributed by atoms with Gasteiger partial charge in [-0.1, -0.05) is 37.3 Å². The number of amides is 1. The molecule has 0 saturated heterocycles. The van der Waals surface area contributed by atoms with Crippen LogP contribution in [-0.2, 0) is 11.2 Å². The average Bonchev–Trinajstić information content (AvgIpc) is 2.64. The van der Waals surface area contributed by atoms with Gasteiger partial charge in [-0.05, 0) is 26.7 Å². The summed E-state index contributed by atoms with van der Waals surface area (Å²) in [6.45, 7) is 3.74. The molecule has 1 N–H and O–H groups in total. The number of nitrogens with one attached hydrogen (secondary N) is 1. The number of carbonyl (C=O) groups is 1. The molecule has 0 aliphatic heterocycles. The SMILES string of the molecule is Cc1noc(C)c1CC(=O)NC1CCCCCCC1. The summed E-state index contributed by atoms with van der Waals surface area (Å²) in [5.74, 6) is 0.852. The van der Waals surface area contributed by atoms with Crippen LogP contribution in [0.25, 0.3) is 0 Å². The molecule has 1 heterocycles. The van der Waals surface area contributed by atoms with Gasteiger partial charge in [0.15, 0.2) is 0 Å². The van der Waals surface area contributed by atoms with Crippen LogP contribution >= 0.6 is 0 Å². The minimum Gasteiger partial charge on any atom is -0.361 e. The van der Waals surface area contributed by atoms with Crippen LogP contribution in [0.3, 0.4) is 0 Å². The summed E-state index contributed by atoms with van der Waals surface area (Å²) < 4.78 is 5.09. The van der Waals surface area contributed by atoms with E-state index >= 15 is 0 Å². The van der Waals surface area contributed by atoms with Gasteiger partial charge in [0.05, 0.1) is 12.1 Å². The minimum absolute atomic E-state index is 0.0972. The van der Waals surface area contributed by atoms with Crippen molar-refractivity contribution >= 4 is 5.91 Å². The smallest absolute Gasteiger partial charge is 0.224 e. The van der Waals surface area contributed by atoms with E-state index in [-0.39, 0.29) is 5.91 Å². The Morgan fingerprint density at radius 3 is 2.42 bits per heavy atom. The largest absolute Gasteiger partial charge is 0.361 e. The lowest BCUT2D eigenvalue weighted by molar-refractivity contribution is -0.121. The normalized spacial score (nSPS) is 17.8. The standard InChI is InChI=1S/C15H24N2O2/c1-11-14(12(2)19-17-11)10-15(18)16-13-8-6-4-3-5-7-9-13/h13H,3-10H2,1-2H3,(H,16,18). The molecular weight excluding hydrogens is 240 g/mol. The van der Waals surface area contributed by atoms with E-state index in [2.05, 4.69) is 10.5 Å². The van der Waals surface area contributed by atoms with Crippen molar-refractivity contribution in [1.82, 2.24) is 10.5 Å². The van der Waals surface area contributed by atoms with Crippen LogP contribution in [0, 0.1) is 13.8 Å². The van der Waals surface area contributed by atoms with Crippen LogP contribution in [0.15, 0.2) is 4.52 Å². The van der Waals surface area contributed by atoms with Gasteiger partial charge in [0.25, 0.3) is 0 Å². The van der Waals surface area contributed by atoms with Gasteiger partial charge >= 0.3 is 0 Å².